The molecular formula is C11H18O2. The molecule has 2 nitrogen and oxygen atoms in total. The van der Waals surface area contributed by atoms with E-state index in [-0.39, 0.29) is 0 Å². The molecule has 0 aromatic carbocycles. The lowest BCUT2D eigenvalue weighted by Crippen LogP contribution is -1.99. The number of carboxylic acids is 1. The Morgan fingerprint density at radius 3 is 3.08 bits per heavy atom. The number of hydrogen-bond donors (Lipinski definition) is 1. The average molecular weight is 182 g/mol. The highest BCUT2D eigenvalue weighted by molar-refractivity contribution is 5.80. The maximum absolute atomic E-state index is 10.5. The van der Waals surface area contributed by atoms with Crippen LogP contribution in [0.1, 0.15) is 45.4 Å². The molecule has 2 heteroatoms. The van der Waals surface area contributed by atoms with Crippen LogP contribution in [0.5, 0.6) is 0 Å². The summed E-state index contributed by atoms with van der Waals surface area (Å²) in [7, 11) is 0. The minimum Gasteiger partial charge on any atom is -0.478 e. The van der Waals surface area contributed by atoms with Crippen molar-refractivity contribution in [2.24, 2.45) is 5.92 Å². The Morgan fingerprint density at radius 1 is 1.69 bits per heavy atom. The first-order valence-electron chi connectivity index (χ1n) is 5.17. The second-order valence-electron chi connectivity index (χ2n) is 3.79. The standard InChI is InChI=1S/C11H18O2/c1-2-3-5-9-6-4-7-10(9)8-11(12)13/h8-9H,2-7H2,1H3,(H,12,13)/b10-8+. The molecule has 0 spiro atoms. The van der Waals surface area contributed by atoms with Crippen LogP contribution in [0.15, 0.2) is 11.6 Å². The van der Waals surface area contributed by atoms with Gasteiger partial charge in [-0.05, 0) is 31.6 Å². The molecule has 1 aliphatic carbocycles. The molecule has 1 atom stereocenters. The van der Waals surface area contributed by atoms with Crippen molar-refractivity contribution >= 4 is 5.97 Å². The third-order valence-electron chi connectivity index (χ3n) is 2.76. The van der Waals surface area contributed by atoms with E-state index in [2.05, 4.69) is 6.92 Å². The number of aliphatic carboxylic acids is 1. The molecule has 0 bridgehead atoms. The number of unbranched alkanes of at least 4 members (excludes halogenated alkanes) is 1. The molecule has 0 aliphatic heterocycles. The van der Waals surface area contributed by atoms with E-state index in [9.17, 15) is 4.79 Å². The summed E-state index contributed by atoms with van der Waals surface area (Å²) in [6, 6.07) is 0. The number of allylic oxidation sites excluding steroid dienone is 1. The van der Waals surface area contributed by atoms with Crippen molar-refractivity contribution in [3.63, 3.8) is 0 Å². The van der Waals surface area contributed by atoms with Gasteiger partial charge in [-0.15, -0.1) is 0 Å². The van der Waals surface area contributed by atoms with Crippen LogP contribution in [0.25, 0.3) is 0 Å². The molecule has 74 valence electrons. The summed E-state index contributed by atoms with van der Waals surface area (Å²) >= 11 is 0. The van der Waals surface area contributed by atoms with Gasteiger partial charge in [0, 0.05) is 6.08 Å². The molecule has 13 heavy (non-hydrogen) atoms. The average Bonchev–Trinajstić information content (AvgIpc) is 2.48. The van der Waals surface area contributed by atoms with Crippen LogP contribution in [-0.4, -0.2) is 11.1 Å². The third kappa shape index (κ3) is 3.21. The van der Waals surface area contributed by atoms with Crippen molar-refractivity contribution in [2.45, 2.75) is 45.4 Å². The summed E-state index contributed by atoms with van der Waals surface area (Å²) in [6.07, 6.45) is 8.40. The largest absolute Gasteiger partial charge is 0.478 e. The fourth-order valence-corrected chi connectivity index (χ4v) is 2.07. The maximum Gasteiger partial charge on any atom is 0.328 e. The molecular weight excluding hydrogens is 164 g/mol. The highest BCUT2D eigenvalue weighted by Crippen LogP contribution is 2.34. The summed E-state index contributed by atoms with van der Waals surface area (Å²) < 4.78 is 0. The van der Waals surface area contributed by atoms with E-state index in [1.807, 2.05) is 0 Å². The van der Waals surface area contributed by atoms with Crippen LogP contribution in [0, 0.1) is 5.92 Å². The van der Waals surface area contributed by atoms with E-state index in [1.165, 1.54) is 43.8 Å². The SMILES string of the molecule is CCCCC1CCC/C1=C\C(=O)O. The monoisotopic (exact) mass is 182 g/mol. The van der Waals surface area contributed by atoms with E-state index in [1.54, 1.807) is 0 Å². The quantitative estimate of drug-likeness (QED) is 0.678. The lowest BCUT2D eigenvalue weighted by molar-refractivity contribution is -0.131. The van der Waals surface area contributed by atoms with Crippen molar-refractivity contribution in [1.82, 2.24) is 0 Å². The lowest BCUT2D eigenvalue weighted by atomic mass is 9.96. The first kappa shape index (κ1) is 10.3. The van der Waals surface area contributed by atoms with Gasteiger partial charge in [0.05, 0.1) is 0 Å². The molecule has 1 aliphatic rings. The minimum atomic E-state index is -0.779. The molecule has 1 fully saturated rings. The molecule has 0 radical (unpaired) electrons. The van der Waals surface area contributed by atoms with Gasteiger partial charge < -0.3 is 5.11 Å². The molecule has 0 aromatic heterocycles. The van der Waals surface area contributed by atoms with Crippen molar-refractivity contribution in [2.75, 3.05) is 0 Å². The van der Waals surface area contributed by atoms with Crippen LogP contribution in [-0.2, 0) is 4.79 Å². The van der Waals surface area contributed by atoms with Crippen LogP contribution >= 0.6 is 0 Å². The van der Waals surface area contributed by atoms with Gasteiger partial charge in [-0.1, -0.05) is 25.3 Å². The van der Waals surface area contributed by atoms with Crippen LogP contribution in [0.3, 0.4) is 0 Å². The van der Waals surface area contributed by atoms with E-state index < -0.39 is 5.97 Å². The fourth-order valence-electron chi connectivity index (χ4n) is 2.07. The van der Waals surface area contributed by atoms with Gasteiger partial charge in [0.1, 0.15) is 0 Å². The van der Waals surface area contributed by atoms with Gasteiger partial charge >= 0.3 is 5.97 Å². The van der Waals surface area contributed by atoms with Gasteiger partial charge in [0.25, 0.3) is 0 Å². The lowest BCUT2D eigenvalue weighted by Gasteiger charge is -2.09. The second kappa shape index (κ2) is 5.05. The highest BCUT2D eigenvalue weighted by atomic mass is 16.4. The van der Waals surface area contributed by atoms with E-state index in [0.29, 0.717) is 5.92 Å². The first-order chi connectivity index (χ1) is 6.24. The Balaban J connectivity index is 2.48. The molecule has 0 aromatic rings. The van der Waals surface area contributed by atoms with Gasteiger partial charge in [-0.25, -0.2) is 4.79 Å². The van der Waals surface area contributed by atoms with Gasteiger partial charge in [-0.2, -0.15) is 0 Å². The normalized spacial score (nSPS) is 25.3. The second-order valence-corrected chi connectivity index (χ2v) is 3.79. The Hall–Kier alpha value is -0.790. The molecule has 1 unspecified atom stereocenters. The molecule has 0 saturated heterocycles. The number of hydrogen-bond acceptors (Lipinski definition) is 1. The van der Waals surface area contributed by atoms with Crippen molar-refractivity contribution in [3.05, 3.63) is 11.6 Å². The van der Waals surface area contributed by atoms with Gasteiger partial charge in [0.2, 0.25) is 0 Å². The van der Waals surface area contributed by atoms with E-state index >= 15 is 0 Å². The Bertz CT molecular complexity index is 206. The minimum absolute atomic E-state index is 0.566. The van der Waals surface area contributed by atoms with Crippen molar-refractivity contribution < 1.29 is 9.90 Å². The zero-order valence-electron chi connectivity index (χ0n) is 8.25. The molecule has 1 saturated carbocycles. The van der Waals surface area contributed by atoms with Crippen molar-refractivity contribution in [3.8, 4) is 0 Å². The van der Waals surface area contributed by atoms with Crippen LogP contribution in [0.4, 0.5) is 0 Å². The number of rotatable bonds is 4. The predicted octanol–water partition coefficient (Wildman–Crippen LogP) is 2.99. The molecule has 0 heterocycles. The Morgan fingerprint density at radius 2 is 2.46 bits per heavy atom. The highest BCUT2D eigenvalue weighted by Gasteiger charge is 2.20. The van der Waals surface area contributed by atoms with E-state index in [0.717, 1.165) is 6.42 Å². The number of carboxylic acid groups (broad SMARTS) is 1. The topological polar surface area (TPSA) is 37.3 Å². The summed E-state index contributed by atoms with van der Waals surface area (Å²) in [5, 5.41) is 8.64. The zero-order chi connectivity index (χ0) is 9.68. The summed E-state index contributed by atoms with van der Waals surface area (Å²) in [6.45, 7) is 2.18. The summed E-state index contributed by atoms with van der Waals surface area (Å²) in [5.74, 6) is -0.213. The van der Waals surface area contributed by atoms with Crippen LogP contribution < -0.4 is 0 Å². The summed E-state index contributed by atoms with van der Waals surface area (Å²) in [5.41, 5.74) is 1.17. The fraction of sp³-hybridized carbons (Fsp3) is 0.727. The smallest absolute Gasteiger partial charge is 0.328 e. The zero-order valence-corrected chi connectivity index (χ0v) is 8.25. The maximum atomic E-state index is 10.5. The van der Waals surface area contributed by atoms with Gasteiger partial charge in [-0.3, -0.25) is 0 Å². The number of carbonyl (C=O) groups is 1. The third-order valence-corrected chi connectivity index (χ3v) is 2.76. The van der Waals surface area contributed by atoms with Crippen LogP contribution in [0.2, 0.25) is 0 Å². The predicted molar refractivity (Wildman–Crippen MR) is 52.6 cm³/mol. The molecule has 1 rings (SSSR count). The summed E-state index contributed by atoms with van der Waals surface area (Å²) in [4.78, 5) is 10.5. The van der Waals surface area contributed by atoms with E-state index in [4.69, 9.17) is 5.11 Å². The molecule has 0 amide bonds. The van der Waals surface area contributed by atoms with Gasteiger partial charge in [0.15, 0.2) is 0 Å². The Kier molecular flexibility index (Phi) is 4.00. The Labute approximate surface area is 79.6 Å². The first-order valence-corrected chi connectivity index (χ1v) is 5.17. The molecule has 1 N–H and O–H groups in total. The van der Waals surface area contributed by atoms with Crippen molar-refractivity contribution in [1.29, 1.82) is 0 Å².